The number of hydrogen-bond acceptors (Lipinski definition) is 8. The van der Waals surface area contributed by atoms with Crippen molar-refractivity contribution in [2.75, 3.05) is 60.6 Å². The van der Waals surface area contributed by atoms with Crippen LogP contribution in [0.3, 0.4) is 0 Å². The first kappa shape index (κ1) is 39.1. The molecule has 0 spiro atoms. The standard InChI is InChI=1S/C42H53N5O6/c1-27-28(2)39(48)44(6)25-35(27)30-19-37(52-8)36(38(20-30)53-9)26-45-14-16-46(17-15-45)40(49)32-18-31(29-10-12-34(51-7)13-11-29)23-47(24-32)41(50)33(22-43)21-42(3,4)5/h10-13,19-21,25,31-32H,14-18,23-24,26H2,1-9H3/b33-21+. The molecule has 11 nitrogen and oxygen atoms in total. The van der Waals surface area contributed by atoms with Gasteiger partial charge in [-0.3, -0.25) is 19.3 Å². The SMILES string of the molecule is COc1ccc(C2CC(C(=O)N3CCN(Cc4c(OC)cc(-c5cn(C)c(=O)c(C)c5C)cc4OC)CC3)CN(C(=O)/C(C#N)=C/C(C)(C)C)C2)cc1. The molecule has 2 aliphatic rings. The van der Waals surface area contributed by atoms with E-state index in [0.29, 0.717) is 62.8 Å². The first-order valence-corrected chi connectivity index (χ1v) is 18.2. The van der Waals surface area contributed by atoms with Gasteiger partial charge in [0, 0.05) is 76.1 Å². The van der Waals surface area contributed by atoms with Crippen LogP contribution in [0.2, 0.25) is 0 Å². The molecule has 0 aliphatic carbocycles. The highest BCUT2D eigenvalue weighted by Crippen LogP contribution is 2.38. The number of aryl methyl sites for hydroxylation is 1. The van der Waals surface area contributed by atoms with Crippen LogP contribution in [0.1, 0.15) is 55.4 Å². The maximum absolute atomic E-state index is 14.2. The van der Waals surface area contributed by atoms with Crippen LogP contribution in [0.25, 0.3) is 11.1 Å². The minimum atomic E-state index is -0.404. The number of allylic oxidation sites excluding steroid dienone is 1. The number of piperazine rings is 1. The summed E-state index contributed by atoms with van der Waals surface area (Å²) < 4.78 is 18.7. The molecule has 2 saturated heterocycles. The zero-order valence-corrected chi connectivity index (χ0v) is 32.6. The quantitative estimate of drug-likeness (QED) is 0.211. The third-order valence-electron chi connectivity index (χ3n) is 10.5. The van der Waals surface area contributed by atoms with Crippen LogP contribution in [-0.2, 0) is 23.2 Å². The van der Waals surface area contributed by atoms with E-state index < -0.39 is 5.92 Å². The van der Waals surface area contributed by atoms with Gasteiger partial charge in [0.2, 0.25) is 5.91 Å². The molecule has 3 aromatic rings. The van der Waals surface area contributed by atoms with Crippen LogP contribution in [0.15, 0.2) is 59.0 Å². The molecule has 2 fully saturated rings. The average Bonchev–Trinajstić information content (AvgIpc) is 3.16. The summed E-state index contributed by atoms with van der Waals surface area (Å²) in [5.74, 6) is 1.34. The molecule has 5 rings (SSSR count). The summed E-state index contributed by atoms with van der Waals surface area (Å²) in [6, 6.07) is 13.9. The summed E-state index contributed by atoms with van der Waals surface area (Å²) >= 11 is 0. The molecule has 0 N–H and O–H groups in total. The second kappa shape index (κ2) is 16.3. The highest BCUT2D eigenvalue weighted by molar-refractivity contribution is 5.98. The first-order chi connectivity index (χ1) is 25.2. The lowest BCUT2D eigenvalue weighted by Gasteiger charge is -2.41. The van der Waals surface area contributed by atoms with E-state index in [0.717, 1.165) is 33.6 Å². The van der Waals surface area contributed by atoms with Crippen molar-refractivity contribution in [2.45, 2.75) is 53.5 Å². The maximum Gasteiger partial charge on any atom is 0.264 e. The third kappa shape index (κ3) is 8.77. The van der Waals surface area contributed by atoms with Gasteiger partial charge in [-0.25, -0.2) is 0 Å². The van der Waals surface area contributed by atoms with Crippen molar-refractivity contribution < 1.29 is 23.8 Å². The van der Waals surface area contributed by atoms with Crippen LogP contribution >= 0.6 is 0 Å². The Balaban J connectivity index is 1.32. The van der Waals surface area contributed by atoms with E-state index in [1.54, 1.807) is 43.9 Å². The molecule has 53 heavy (non-hydrogen) atoms. The van der Waals surface area contributed by atoms with Crippen LogP contribution in [-0.4, -0.2) is 91.7 Å². The minimum absolute atomic E-state index is 0.0211. The van der Waals surface area contributed by atoms with E-state index in [2.05, 4.69) is 11.0 Å². The van der Waals surface area contributed by atoms with E-state index in [-0.39, 0.29) is 40.8 Å². The van der Waals surface area contributed by atoms with Crippen molar-refractivity contribution in [3.63, 3.8) is 0 Å². The van der Waals surface area contributed by atoms with E-state index in [1.165, 1.54) is 0 Å². The lowest BCUT2D eigenvalue weighted by Crippen LogP contribution is -2.53. The second-order valence-corrected chi connectivity index (χ2v) is 15.3. The number of pyridine rings is 1. The van der Waals surface area contributed by atoms with Gasteiger partial charge in [-0.2, -0.15) is 5.26 Å². The average molecular weight is 724 g/mol. The molecule has 1 aromatic heterocycles. The number of nitrogens with zero attached hydrogens (tertiary/aromatic N) is 5. The smallest absolute Gasteiger partial charge is 0.264 e. The Morgan fingerprint density at radius 3 is 2.08 bits per heavy atom. The van der Waals surface area contributed by atoms with E-state index in [4.69, 9.17) is 14.2 Å². The van der Waals surface area contributed by atoms with Crippen molar-refractivity contribution in [2.24, 2.45) is 18.4 Å². The van der Waals surface area contributed by atoms with E-state index >= 15 is 0 Å². The number of hydrogen-bond donors (Lipinski definition) is 0. The van der Waals surface area contributed by atoms with Gasteiger partial charge in [0.1, 0.15) is 28.9 Å². The number of aromatic nitrogens is 1. The molecule has 11 heteroatoms. The molecule has 0 saturated carbocycles. The molecule has 2 aliphatic heterocycles. The van der Waals surface area contributed by atoms with Crippen molar-refractivity contribution in [3.05, 3.63) is 86.9 Å². The lowest BCUT2D eigenvalue weighted by molar-refractivity contribution is -0.141. The molecular formula is C42H53N5O6. The normalized spacial score (nSPS) is 18.4. The first-order valence-electron chi connectivity index (χ1n) is 18.2. The van der Waals surface area contributed by atoms with Gasteiger partial charge in [0.05, 0.1) is 32.8 Å². The van der Waals surface area contributed by atoms with Crippen LogP contribution in [0.5, 0.6) is 17.2 Å². The van der Waals surface area contributed by atoms with E-state index in [9.17, 15) is 19.6 Å². The van der Waals surface area contributed by atoms with Crippen molar-refractivity contribution in [1.82, 2.24) is 19.3 Å². The number of benzene rings is 2. The van der Waals surface area contributed by atoms with Crippen molar-refractivity contribution in [3.8, 4) is 34.4 Å². The van der Waals surface area contributed by atoms with Crippen LogP contribution in [0, 0.1) is 36.5 Å². The fourth-order valence-electron chi connectivity index (χ4n) is 7.48. The topological polar surface area (TPSA) is 117 Å². The van der Waals surface area contributed by atoms with Crippen LogP contribution < -0.4 is 19.8 Å². The molecule has 2 aromatic carbocycles. The molecule has 282 valence electrons. The highest BCUT2D eigenvalue weighted by Gasteiger charge is 2.38. The van der Waals surface area contributed by atoms with Crippen LogP contribution in [0.4, 0.5) is 0 Å². The molecule has 2 unspecified atom stereocenters. The summed E-state index contributed by atoms with van der Waals surface area (Å²) in [5, 5.41) is 9.93. The second-order valence-electron chi connectivity index (χ2n) is 15.3. The molecule has 0 bridgehead atoms. The van der Waals surface area contributed by atoms with Gasteiger partial charge < -0.3 is 28.6 Å². The number of carbonyl (C=O) groups is 2. The molecule has 0 radical (unpaired) electrons. The Morgan fingerprint density at radius 1 is 0.906 bits per heavy atom. The zero-order chi connectivity index (χ0) is 38.6. The van der Waals surface area contributed by atoms with E-state index in [1.807, 2.05) is 82.1 Å². The number of nitriles is 1. The lowest BCUT2D eigenvalue weighted by atomic mass is 9.83. The Hall–Kier alpha value is -5.08. The number of rotatable bonds is 9. The Bertz CT molecular complexity index is 1940. The Labute approximate surface area is 313 Å². The zero-order valence-electron chi connectivity index (χ0n) is 32.6. The summed E-state index contributed by atoms with van der Waals surface area (Å²) in [4.78, 5) is 46.4. The van der Waals surface area contributed by atoms with Crippen molar-refractivity contribution in [1.29, 1.82) is 5.26 Å². The highest BCUT2D eigenvalue weighted by atomic mass is 16.5. The fraction of sp³-hybridized carbons (Fsp3) is 0.476. The van der Waals surface area contributed by atoms with Gasteiger partial charge >= 0.3 is 0 Å². The number of piperidine rings is 1. The fourth-order valence-corrected chi connectivity index (χ4v) is 7.48. The maximum atomic E-state index is 14.2. The predicted molar refractivity (Wildman–Crippen MR) is 205 cm³/mol. The number of ether oxygens (including phenoxy) is 3. The summed E-state index contributed by atoms with van der Waals surface area (Å²) in [7, 11) is 6.67. The minimum Gasteiger partial charge on any atom is -0.497 e. The molecule has 2 atom stereocenters. The Kier molecular flexibility index (Phi) is 12.0. The van der Waals surface area contributed by atoms with Gasteiger partial charge in [0.25, 0.3) is 11.5 Å². The molecular weight excluding hydrogens is 670 g/mol. The number of likely N-dealkylation sites (tertiary alicyclic amines) is 1. The predicted octanol–water partition coefficient (Wildman–Crippen LogP) is 5.47. The number of methoxy groups -OCH3 is 3. The summed E-state index contributed by atoms with van der Waals surface area (Å²) in [6.45, 7) is 13.3. The largest absolute Gasteiger partial charge is 0.497 e. The monoisotopic (exact) mass is 723 g/mol. The Morgan fingerprint density at radius 2 is 1.53 bits per heavy atom. The summed E-state index contributed by atoms with van der Waals surface area (Å²) in [5.41, 5.74) is 5.13. The number of amides is 2. The van der Waals surface area contributed by atoms with Crippen molar-refractivity contribution >= 4 is 11.8 Å². The van der Waals surface area contributed by atoms with Gasteiger partial charge in [-0.1, -0.05) is 39.0 Å². The van der Waals surface area contributed by atoms with Gasteiger partial charge in [0.15, 0.2) is 0 Å². The van der Waals surface area contributed by atoms with Gasteiger partial charge in [-0.15, -0.1) is 0 Å². The molecule has 2 amide bonds. The third-order valence-corrected chi connectivity index (χ3v) is 10.5. The van der Waals surface area contributed by atoms with Gasteiger partial charge in [-0.05, 0) is 66.6 Å². The number of carbonyl (C=O) groups excluding carboxylic acids is 2. The molecule has 3 heterocycles. The summed E-state index contributed by atoms with van der Waals surface area (Å²) in [6.07, 6.45) is 4.17.